The van der Waals surface area contributed by atoms with Crippen molar-refractivity contribution in [1.29, 1.82) is 0 Å². The van der Waals surface area contributed by atoms with Crippen molar-refractivity contribution in [2.75, 3.05) is 13.2 Å². The summed E-state index contributed by atoms with van der Waals surface area (Å²) in [5.41, 5.74) is 3.88. The Hall–Kier alpha value is -1.64. The summed E-state index contributed by atoms with van der Waals surface area (Å²) in [6.45, 7) is 6.08. The van der Waals surface area contributed by atoms with Gasteiger partial charge in [0.25, 0.3) is 0 Å². The molecule has 0 aliphatic carbocycles. The molecule has 0 saturated carbocycles. The fourth-order valence-electron chi connectivity index (χ4n) is 2.70. The van der Waals surface area contributed by atoms with Gasteiger partial charge in [-0.3, -0.25) is 0 Å². The number of benzene rings is 2. The highest BCUT2D eigenvalue weighted by Crippen LogP contribution is 2.27. The van der Waals surface area contributed by atoms with Gasteiger partial charge in [0, 0.05) is 12.1 Å². The van der Waals surface area contributed by atoms with Crippen molar-refractivity contribution >= 4 is 0 Å². The van der Waals surface area contributed by atoms with Crippen LogP contribution in [0, 0.1) is 0 Å². The largest absolute Gasteiger partial charge is 0.370 e. The van der Waals surface area contributed by atoms with E-state index in [1.165, 1.54) is 16.7 Å². The molecule has 1 N–H and O–H groups in total. The highest BCUT2D eigenvalue weighted by Gasteiger charge is 2.30. The molecule has 0 aromatic heterocycles. The lowest BCUT2D eigenvalue weighted by Crippen LogP contribution is -2.52. The van der Waals surface area contributed by atoms with Gasteiger partial charge in [-0.05, 0) is 30.0 Å². The van der Waals surface area contributed by atoms with Crippen molar-refractivity contribution in [1.82, 2.24) is 5.32 Å². The van der Waals surface area contributed by atoms with Gasteiger partial charge in [0.05, 0.1) is 12.7 Å². The van der Waals surface area contributed by atoms with Crippen molar-refractivity contribution in [2.45, 2.75) is 31.9 Å². The lowest BCUT2D eigenvalue weighted by molar-refractivity contribution is -0.0299. The van der Waals surface area contributed by atoms with Crippen LogP contribution in [-0.2, 0) is 4.74 Å². The fourth-order valence-corrected chi connectivity index (χ4v) is 2.70. The lowest BCUT2D eigenvalue weighted by Gasteiger charge is -2.38. The topological polar surface area (TPSA) is 21.3 Å². The Balaban J connectivity index is 1.71. The first kappa shape index (κ1) is 14.3. The van der Waals surface area contributed by atoms with E-state index in [1.54, 1.807) is 0 Å². The third-order valence-corrected chi connectivity index (χ3v) is 4.49. The Kier molecular flexibility index (Phi) is 4.09. The Morgan fingerprint density at radius 2 is 1.71 bits per heavy atom. The predicted molar refractivity (Wildman–Crippen MR) is 87.3 cm³/mol. The maximum atomic E-state index is 6.05. The molecule has 2 atom stereocenters. The first-order chi connectivity index (χ1) is 10.2. The van der Waals surface area contributed by atoms with E-state index >= 15 is 0 Å². The summed E-state index contributed by atoms with van der Waals surface area (Å²) in [5, 5.41) is 3.62. The quantitative estimate of drug-likeness (QED) is 0.911. The first-order valence-electron chi connectivity index (χ1n) is 7.72. The molecule has 1 aliphatic heterocycles. The van der Waals surface area contributed by atoms with Crippen molar-refractivity contribution < 1.29 is 4.74 Å². The van der Waals surface area contributed by atoms with Crippen LogP contribution in [0.2, 0.25) is 0 Å². The second-order valence-electron chi connectivity index (χ2n) is 6.08. The van der Waals surface area contributed by atoms with Crippen LogP contribution in [-0.4, -0.2) is 18.7 Å². The first-order valence-corrected chi connectivity index (χ1v) is 7.72. The van der Waals surface area contributed by atoms with E-state index in [2.05, 4.69) is 67.7 Å². The average Bonchev–Trinajstić information content (AvgIpc) is 2.57. The monoisotopic (exact) mass is 281 g/mol. The minimum Gasteiger partial charge on any atom is -0.370 e. The summed E-state index contributed by atoms with van der Waals surface area (Å²) in [7, 11) is 0. The Morgan fingerprint density at radius 3 is 2.29 bits per heavy atom. The Bertz CT molecular complexity index is 568. The molecule has 21 heavy (non-hydrogen) atoms. The standard InChI is InChI=1S/C19H23NO/c1-3-19(2)14-21-18(13-20-19)17-11-9-16(10-12-17)15-7-5-4-6-8-15/h4-12,18,20H,3,13-14H2,1-2H3. The van der Waals surface area contributed by atoms with Gasteiger partial charge < -0.3 is 10.1 Å². The van der Waals surface area contributed by atoms with Gasteiger partial charge in [0.1, 0.15) is 0 Å². The van der Waals surface area contributed by atoms with E-state index < -0.39 is 0 Å². The Labute approximate surface area is 127 Å². The van der Waals surface area contributed by atoms with Crippen molar-refractivity contribution in [3.8, 4) is 11.1 Å². The molecule has 2 unspecified atom stereocenters. The second-order valence-corrected chi connectivity index (χ2v) is 6.08. The molecule has 0 bridgehead atoms. The summed E-state index contributed by atoms with van der Waals surface area (Å²) in [5.74, 6) is 0. The van der Waals surface area contributed by atoms with Gasteiger partial charge in [-0.25, -0.2) is 0 Å². The number of ether oxygens (including phenoxy) is 1. The number of hydrogen-bond acceptors (Lipinski definition) is 2. The van der Waals surface area contributed by atoms with Crippen LogP contribution in [0.15, 0.2) is 54.6 Å². The van der Waals surface area contributed by atoms with E-state index in [0.29, 0.717) is 0 Å². The number of rotatable bonds is 3. The van der Waals surface area contributed by atoms with Crippen molar-refractivity contribution in [3.05, 3.63) is 60.2 Å². The minimum absolute atomic E-state index is 0.125. The zero-order chi connectivity index (χ0) is 14.7. The van der Waals surface area contributed by atoms with Crippen molar-refractivity contribution in [2.24, 2.45) is 0 Å². The van der Waals surface area contributed by atoms with Gasteiger partial charge in [-0.2, -0.15) is 0 Å². The molecule has 110 valence electrons. The lowest BCUT2D eigenvalue weighted by atomic mass is 9.96. The molecule has 0 radical (unpaired) electrons. The van der Waals surface area contributed by atoms with Crippen LogP contribution in [0.25, 0.3) is 11.1 Å². The predicted octanol–water partition coefficient (Wildman–Crippen LogP) is 4.18. The van der Waals surface area contributed by atoms with E-state index in [1.807, 2.05) is 6.07 Å². The zero-order valence-electron chi connectivity index (χ0n) is 12.8. The maximum absolute atomic E-state index is 6.05. The molecule has 2 aromatic rings. The fraction of sp³-hybridized carbons (Fsp3) is 0.368. The minimum atomic E-state index is 0.125. The molecule has 1 heterocycles. The molecule has 1 aliphatic rings. The molecule has 2 nitrogen and oxygen atoms in total. The summed E-state index contributed by atoms with van der Waals surface area (Å²) in [4.78, 5) is 0. The number of hydrogen-bond donors (Lipinski definition) is 1. The summed E-state index contributed by atoms with van der Waals surface area (Å²) >= 11 is 0. The van der Waals surface area contributed by atoms with Gasteiger partial charge in [-0.1, -0.05) is 61.5 Å². The molecule has 0 amide bonds. The third-order valence-electron chi connectivity index (χ3n) is 4.49. The van der Waals surface area contributed by atoms with Gasteiger partial charge in [-0.15, -0.1) is 0 Å². The highest BCUT2D eigenvalue weighted by atomic mass is 16.5. The van der Waals surface area contributed by atoms with E-state index in [0.717, 1.165) is 19.6 Å². The molecule has 0 spiro atoms. The molecule has 1 saturated heterocycles. The summed E-state index contributed by atoms with van der Waals surface area (Å²) < 4.78 is 6.05. The molecule has 2 heteroatoms. The van der Waals surface area contributed by atoms with Crippen LogP contribution < -0.4 is 5.32 Å². The normalized spacial score (nSPS) is 25.7. The van der Waals surface area contributed by atoms with Crippen LogP contribution >= 0.6 is 0 Å². The highest BCUT2D eigenvalue weighted by molar-refractivity contribution is 5.63. The van der Waals surface area contributed by atoms with Crippen molar-refractivity contribution in [3.63, 3.8) is 0 Å². The molecular weight excluding hydrogens is 258 g/mol. The molecular formula is C19H23NO. The molecule has 3 rings (SSSR count). The Morgan fingerprint density at radius 1 is 1.05 bits per heavy atom. The van der Waals surface area contributed by atoms with Crippen LogP contribution in [0.5, 0.6) is 0 Å². The summed E-state index contributed by atoms with van der Waals surface area (Å²) in [6.07, 6.45) is 1.25. The third kappa shape index (κ3) is 3.17. The second kappa shape index (κ2) is 6.00. The van der Waals surface area contributed by atoms with E-state index in [-0.39, 0.29) is 11.6 Å². The van der Waals surface area contributed by atoms with Gasteiger partial charge in [0.2, 0.25) is 0 Å². The average molecular weight is 281 g/mol. The van der Waals surface area contributed by atoms with Gasteiger partial charge in [0.15, 0.2) is 0 Å². The van der Waals surface area contributed by atoms with Crippen LogP contribution in [0.3, 0.4) is 0 Å². The molecule has 1 fully saturated rings. The van der Waals surface area contributed by atoms with E-state index in [9.17, 15) is 0 Å². The van der Waals surface area contributed by atoms with Gasteiger partial charge >= 0.3 is 0 Å². The van der Waals surface area contributed by atoms with Crippen LogP contribution in [0.4, 0.5) is 0 Å². The molecule has 2 aromatic carbocycles. The smallest absolute Gasteiger partial charge is 0.0950 e. The number of morpholine rings is 1. The van der Waals surface area contributed by atoms with E-state index in [4.69, 9.17) is 4.74 Å². The SMILES string of the molecule is CCC1(C)COC(c2ccc(-c3ccccc3)cc2)CN1. The van der Waals surface area contributed by atoms with Crippen LogP contribution in [0.1, 0.15) is 31.9 Å². The summed E-state index contributed by atoms with van der Waals surface area (Å²) in [6, 6.07) is 19.2. The zero-order valence-corrected chi connectivity index (χ0v) is 12.8. The maximum Gasteiger partial charge on any atom is 0.0950 e. The number of nitrogens with one attached hydrogen (secondary N) is 1.